The van der Waals surface area contributed by atoms with Crippen LogP contribution in [0.15, 0.2) is 24.3 Å². The minimum Gasteiger partial charge on any atom is -0.497 e. The maximum absolute atomic E-state index is 12.1. The third-order valence-electron chi connectivity index (χ3n) is 5.43. The quantitative estimate of drug-likeness (QED) is 0.805. The van der Waals surface area contributed by atoms with Crippen LogP contribution in [0.5, 0.6) is 5.75 Å². The highest BCUT2D eigenvalue weighted by molar-refractivity contribution is 5.76. The standard InChI is InChI=1S/C20H30N2O2/c1-24-19-9-5-8-16(10-19)14-21-17-12-18(13-17)22-20(23)11-15-6-3-2-4-7-15/h5,8-10,15,17-18,21H,2-4,6-7,11-14H2,1H3,(H,22,23). The first-order valence-corrected chi connectivity index (χ1v) is 9.38. The van der Waals surface area contributed by atoms with Gasteiger partial charge in [0.15, 0.2) is 0 Å². The molecule has 0 aromatic heterocycles. The Hall–Kier alpha value is -1.55. The molecule has 1 amide bonds. The topological polar surface area (TPSA) is 50.4 Å². The van der Waals surface area contributed by atoms with Crippen molar-refractivity contribution in [3.63, 3.8) is 0 Å². The van der Waals surface area contributed by atoms with E-state index in [-0.39, 0.29) is 5.91 Å². The van der Waals surface area contributed by atoms with Gasteiger partial charge in [-0.25, -0.2) is 0 Å². The van der Waals surface area contributed by atoms with Crippen molar-refractivity contribution >= 4 is 5.91 Å². The molecule has 0 bridgehead atoms. The molecule has 4 heteroatoms. The third-order valence-corrected chi connectivity index (χ3v) is 5.43. The number of carbonyl (C=O) groups is 1. The average Bonchev–Trinajstić information content (AvgIpc) is 2.58. The number of hydrogen-bond acceptors (Lipinski definition) is 3. The molecular formula is C20H30N2O2. The molecule has 24 heavy (non-hydrogen) atoms. The Morgan fingerprint density at radius 3 is 2.71 bits per heavy atom. The van der Waals surface area contributed by atoms with Crippen LogP contribution in [-0.2, 0) is 11.3 Å². The Kier molecular flexibility index (Phi) is 6.13. The van der Waals surface area contributed by atoms with Gasteiger partial charge < -0.3 is 15.4 Å². The van der Waals surface area contributed by atoms with Gasteiger partial charge in [0.1, 0.15) is 5.75 Å². The Bertz CT molecular complexity index is 534. The first kappa shape index (κ1) is 17.3. The van der Waals surface area contributed by atoms with Gasteiger partial charge in [-0.1, -0.05) is 31.4 Å². The van der Waals surface area contributed by atoms with Crippen molar-refractivity contribution in [3.8, 4) is 5.75 Å². The summed E-state index contributed by atoms with van der Waals surface area (Å²) in [6.07, 6.45) is 9.25. The maximum atomic E-state index is 12.1. The van der Waals surface area contributed by atoms with E-state index in [0.29, 0.717) is 18.0 Å². The second kappa shape index (κ2) is 8.52. The molecule has 4 nitrogen and oxygen atoms in total. The van der Waals surface area contributed by atoms with Gasteiger partial charge in [-0.15, -0.1) is 0 Å². The van der Waals surface area contributed by atoms with Crippen molar-refractivity contribution in [1.82, 2.24) is 10.6 Å². The van der Waals surface area contributed by atoms with E-state index in [9.17, 15) is 4.79 Å². The van der Waals surface area contributed by atoms with E-state index >= 15 is 0 Å². The molecule has 1 aromatic rings. The number of hydrogen-bond donors (Lipinski definition) is 2. The lowest BCUT2D eigenvalue weighted by Crippen LogP contribution is -2.52. The molecule has 0 saturated heterocycles. The molecule has 0 unspecified atom stereocenters. The summed E-state index contributed by atoms with van der Waals surface area (Å²) >= 11 is 0. The summed E-state index contributed by atoms with van der Waals surface area (Å²) in [4.78, 5) is 12.1. The van der Waals surface area contributed by atoms with Crippen LogP contribution in [0.4, 0.5) is 0 Å². The summed E-state index contributed by atoms with van der Waals surface area (Å²) in [5.41, 5.74) is 1.24. The van der Waals surface area contributed by atoms with Crippen molar-refractivity contribution < 1.29 is 9.53 Å². The minimum absolute atomic E-state index is 0.262. The molecule has 0 heterocycles. The third kappa shape index (κ3) is 4.97. The molecule has 2 N–H and O–H groups in total. The lowest BCUT2D eigenvalue weighted by molar-refractivity contribution is -0.123. The molecule has 3 rings (SSSR count). The number of ether oxygens (including phenoxy) is 1. The lowest BCUT2D eigenvalue weighted by atomic mass is 9.84. The SMILES string of the molecule is COc1cccc(CNC2CC(NC(=O)CC3CCCCC3)C2)c1. The van der Waals surface area contributed by atoms with Gasteiger partial charge in [0.2, 0.25) is 5.91 Å². The van der Waals surface area contributed by atoms with E-state index in [1.165, 1.54) is 37.7 Å². The van der Waals surface area contributed by atoms with Crippen LogP contribution in [0.25, 0.3) is 0 Å². The highest BCUT2D eigenvalue weighted by atomic mass is 16.5. The van der Waals surface area contributed by atoms with Crippen molar-refractivity contribution in [2.75, 3.05) is 7.11 Å². The van der Waals surface area contributed by atoms with Crippen LogP contribution in [0.2, 0.25) is 0 Å². The Labute approximate surface area is 145 Å². The molecule has 2 saturated carbocycles. The van der Waals surface area contributed by atoms with E-state index in [2.05, 4.69) is 22.8 Å². The smallest absolute Gasteiger partial charge is 0.220 e. The number of nitrogens with one attached hydrogen (secondary N) is 2. The molecule has 0 spiro atoms. The van der Waals surface area contributed by atoms with Gasteiger partial charge in [-0.3, -0.25) is 4.79 Å². The molecule has 1 aromatic carbocycles. The van der Waals surface area contributed by atoms with Crippen molar-refractivity contribution in [3.05, 3.63) is 29.8 Å². The summed E-state index contributed by atoms with van der Waals surface area (Å²) < 4.78 is 5.25. The van der Waals surface area contributed by atoms with Gasteiger partial charge in [-0.2, -0.15) is 0 Å². The fourth-order valence-electron chi connectivity index (χ4n) is 3.89. The summed E-state index contributed by atoms with van der Waals surface area (Å²) in [5, 5.41) is 6.78. The number of carbonyl (C=O) groups excluding carboxylic acids is 1. The Morgan fingerprint density at radius 1 is 1.17 bits per heavy atom. The molecule has 2 aliphatic carbocycles. The van der Waals surface area contributed by atoms with Crippen LogP contribution in [0.3, 0.4) is 0 Å². The molecular weight excluding hydrogens is 300 g/mol. The Morgan fingerprint density at radius 2 is 1.96 bits per heavy atom. The minimum atomic E-state index is 0.262. The zero-order valence-electron chi connectivity index (χ0n) is 14.7. The van der Waals surface area contributed by atoms with Crippen LogP contribution < -0.4 is 15.4 Å². The van der Waals surface area contributed by atoms with Gasteiger partial charge in [0, 0.05) is 25.0 Å². The maximum Gasteiger partial charge on any atom is 0.220 e. The molecule has 0 aliphatic heterocycles. The average molecular weight is 330 g/mol. The number of rotatable bonds is 7. The lowest BCUT2D eigenvalue weighted by Gasteiger charge is -2.37. The van der Waals surface area contributed by atoms with Crippen molar-refractivity contribution in [2.24, 2.45) is 5.92 Å². The molecule has 132 valence electrons. The second-order valence-electron chi connectivity index (χ2n) is 7.37. The zero-order chi connectivity index (χ0) is 16.8. The second-order valence-corrected chi connectivity index (χ2v) is 7.37. The first-order valence-electron chi connectivity index (χ1n) is 9.38. The van der Waals surface area contributed by atoms with Crippen LogP contribution in [-0.4, -0.2) is 25.1 Å². The normalized spacial score (nSPS) is 24.2. The van der Waals surface area contributed by atoms with Crippen LogP contribution in [0.1, 0.15) is 56.9 Å². The van der Waals surface area contributed by atoms with Crippen molar-refractivity contribution in [2.45, 2.75) is 70.0 Å². The van der Waals surface area contributed by atoms with Crippen LogP contribution in [0, 0.1) is 5.92 Å². The predicted molar refractivity (Wildman–Crippen MR) is 96.0 cm³/mol. The van der Waals surface area contributed by atoms with Gasteiger partial charge in [-0.05, 0) is 49.3 Å². The fraction of sp³-hybridized carbons (Fsp3) is 0.650. The van der Waals surface area contributed by atoms with E-state index in [0.717, 1.165) is 31.6 Å². The molecule has 0 radical (unpaired) electrons. The highest BCUT2D eigenvalue weighted by Crippen LogP contribution is 2.27. The van der Waals surface area contributed by atoms with E-state index in [1.54, 1.807) is 7.11 Å². The number of amides is 1. The summed E-state index contributed by atoms with van der Waals surface area (Å²) in [6, 6.07) is 9.03. The van der Waals surface area contributed by atoms with Gasteiger partial charge >= 0.3 is 0 Å². The predicted octanol–water partition coefficient (Wildman–Crippen LogP) is 3.40. The van der Waals surface area contributed by atoms with Crippen molar-refractivity contribution in [1.29, 1.82) is 0 Å². The Balaban J connectivity index is 1.31. The van der Waals surface area contributed by atoms with E-state index in [1.807, 2.05) is 12.1 Å². The number of methoxy groups -OCH3 is 1. The highest BCUT2D eigenvalue weighted by Gasteiger charge is 2.30. The molecule has 0 atom stereocenters. The number of benzene rings is 1. The first-order chi connectivity index (χ1) is 11.7. The van der Waals surface area contributed by atoms with Gasteiger partial charge in [0.25, 0.3) is 0 Å². The monoisotopic (exact) mass is 330 g/mol. The summed E-state index contributed by atoms with van der Waals surface area (Å²) in [7, 11) is 1.69. The summed E-state index contributed by atoms with van der Waals surface area (Å²) in [6.45, 7) is 0.852. The van der Waals surface area contributed by atoms with E-state index in [4.69, 9.17) is 4.74 Å². The summed E-state index contributed by atoms with van der Waals surface area (Å²) in [5.74, 6) is 1.79. The van der Waals surface area contributed by atoms with Crippen LogP contribution >= 0.6 is 0 Å². The van der Waals surface area contributed by atoms with E-state index < -0.39 is 0 Å². The van der Waals surface area contributed by atoms with Gasteiger partial charge in [0.05, 0.1) is 7.11 Å². The zero-order valence-corrected chi connectivity index (χ0v) is 14.7. The largest absolute Gasteiger partial charge is 0.497 e. The fourth-order valence-corrected chi connectivity index (χ4v) is 3.89. The molecule has 2 aliphatic rings. The molecule has 2 fully saturated rings.